The highest BCUT2D eigenvalue weighted by Crippen LogP contribution is 2.27. The molecule has 1 aromatic carbocycles. The molecule has 2 aromatic heterocycles. The number of ether oxygens (including phenoxy) is 1. The molecular weight excluding hydrogens is 503 g/mol. The number of hydrogen-bond acceptors (Lipinski definition) is 6. The van der Waals surface area contributed by atoms with Crippen LogP contribution in [0.1, 0.15) is 32.6 Å². The van der Waals surface area contributed by atoms with Crippen LogP contribution >= 0.6 is 24.8 Å². The quantitative estimate of drug-likeness (QED) is 0.497. The van der Waals surface area contributed by atoms with Crippen molar-refractivity contribution in [2.75, 3.05) is 50.8 Å². The average Bonchev–Trinajstić information content (AvgIpc) is 3.26. The van der Waals surface area contributed by atoms with Crippen molar-refractivity contribution in [2.45, 2.75) is 45.7 Å². The molecule has 0 unspecified atom stereocenters. The fraction of sp³-hybridized carbons (Fsp3) is 0.560. The molecule has 0 atom stereocenters. The van der Waals surface area contributed by atoms with Crippen molar-refractivity contribution >= 4 is 41.7 Å². The van der Waals surface area contributed by atoms with Crippen LogP contribution < -0.4 is 16.1 Å². The van der Waals surface area contributed by atoms with Crippen molar-refractivity contribution in [1.82, 2.24) is 24.0 Å². The Morgan fingerprint density at radius 1 is 0.889 bits per heavy atom. The molecule has 0 amide bonds. The maximum atomic E-state index is 13.0. The molecule has 36 heavy (non-hydrogen) atoms. The Morgan fingerprint density at radius 3 is 2.25 bits per heavy atom. The van der Waals surface area contributed by atoms with Gasteiger partial charge in [-0.2, -0.15) is 0 Å². The number of morpholine rings is 1. The number of imidazole rings is 1. The minimum Gasteiger partial charge on any atom is -0.379 e. The van der Waals surface area contributed by atoms with Gasteiger partial charge in [-0.05, 0) is 49.9 Å². The Bertz CT molecular complexity index is 1240. The Kier molecular flexibility index (Phi) is 10.0. The zero-order valence-corrected chi connectivity index (χ0v) is 22.4. The van der Waals surface area contributed by atoms with Gasteiger partial charge in [-0.25, -0.2) is 9.78 Å². The molecule has 2 fully saturated rings. The van der Waals surface area contributed by atoms with Gasteiger partial charge in [0.15, 0.2) is 11.2 Å². The van der Waals surface area contributed by atoms with E-state index in [9.17, 15) is 9.59 Å². The van der Waals surface area contributed by atoms with Crippen LogP contribution in [0.5, 0.6) is 0 Å². The lowest BCUT2D eigenvalue weighted by molar-refractivity contribution is 0.0365. The van der Waals surface area contributed by atoms with Crippen LogP contribution in [0, 0.1) is 0 Å². The number of nitrogens with one attached hydrogen (secondary N) is 1. The number of aromatic nitrogens is 4. The highest BCUT2D eigenvalue weighted by atomic mass is 35.5. The molecule has 198 valence electrons. The monoisotopic (exact) mass is 538 g/mol. The molecule has 9 nitrogen and oxygen atoms in total. The summed E-state index contributed by atoms with van der Waals surface area (Å²) in [6.45, 7) is 9.34. The van der Waals surface area contributed by atoms with Crippen molar-refractivity contribution in [3.63, 3.8) is 0 Å². The van der Waals surface area contributed by atoms with E-state index in [4.69, 9.17) is 9.72 Å². The summed E-state index contributed by atoms with van der Waals surface area (Å²) in [6.07, 6.45) is 4.55. The summed E-state index contributed by atoms with van der Waals surface area (Å²) >= 11 is 0. The molecule has 3 aromatic rings. The summed E-state index contributed by atoms with van der Waals surface area (Å²) < 4.78 is 9.06. The molecule has 4 heterocycles. The summed E-state index contributed by atoms with van der Waals surface area (Å²) in [6, 6.07) is 8.48. The molecular formula is C25H36Cl2N6O3. The minimum absolute atomic E-state index is 0. The van der Waals surface area contributed by atoms with E-state index in [1.165, 1.54) is 24.9 Å². The number of aryl methyl sites for hydroxylation is 1. The van der Waals surface area contributed by atoms with E-state index >= 15 is 0 Å². The van der Waals surface area contributed by atoms with E-state index in [0.29, 0.717) is 24.3 Å². The number of benzene rings is 1. The second kappa shape index (κ2) is 12.8. The molecule has 2 aliphatic rings. The molecule has 2 saturated heterocycles. The van der Waals surface area contributed by atoms with Gasteiger partial charge in [-0.1, -0.05) is 6.92 Å². The first kappa shape index (κ1) is 28.2. The van der Waals surface area contributed by atoms with Crippen molar-refractivity contribution < 1.29 is 4.74 Å². The fourth-order valence-corrected chi connectivity index (χ4v) is 5.08. The van der Waals surface area contributed by atoms with Gasteiger partial charge in [-0.15, -0.1) is 24.8 Å². The number of hydrogen-bond donors (Lipinski definition) is 1. The van der Waals surface area contributed by atoms with Gasteiger partial charge in [0.25, 0.3) is 5.56 Å². The van der Waals surface area contributed by atoms with Crippen molar-refractivity contribution in [3.8, 4) is 11.4 Å². The number of H-pyrrole nitrogens is 1. The molecule has 0 radical (unpaired) electrons. The summed E-state index contributed by atoms with van der Waals surface area (Å²) in [5.41, 5.74) is 2.33. The molecule has 11 heteroatoms. The Morgan fingerprint density at radius 2 is 1.58 bits per heavy atom. The van der Waals surface area contributed by atoms with Gasteiger partial charge in [-0.3, -0.25) is 19.2 Å². The normalized spacial score (nSPS) is 16.5. The van der Waals surface area contributed by atoms with E-state index in [1.54, 1.807) is 4.57 Å². The summed E-state index contributed by atoms with van der Waals surface area (Å²) in [5, 5.41) is 0. The number of halogens is 2. The van der Waals surface area contributed by atoms with Crippen LogP contribution in [0.15, 0.2) is 33.9 Å². The highest BCUT2D eigenvalue weighted by Gasteiger charge is 2.21. The Hall–Kier alpha value is -2.33. The number of piperidine rings is 1. The topological polar surface area (TPSA) is 88.4 Å². The molecule has 0 bridgehead atoms. The summed E-state index contributed by atoms with van der Waals surface area (Å²) in [4.78, 5) is 37.7. The van der Waals surface area contributed by atoms with E-state index in [2.05, 4.69) is 39.0 Å². The van der Waals surface area contributed by atoms with E-state index in [-0.39, 0.29) is 30.4 Å². The summed E-state index contributed by atoms with van der Waals surface area (Å²) in [7, 11) is 0. The third kappa shape index (κ3) is 5.80. The largest absolute Gasteiger partial charge is 0.379 e. The lowest BCUT2D eigenvalue weighted by Gasteiger charge is -2.29. The number of rotatable bonds is 7. The van der Waals surface area contributed by atoms with Crippen molar-refractivity contribution in [2.24, 2.45) is 0 Å². The summed E-state index contributed by atoms with van der Waals surface area (Å²) in [5.74, 6) is 0.731. The zero-order valence-electron chi connectivity index (χ0n) is 20.8. The van der Waals surface area contributed by atoms with Gasteiger partial charge in [0.05, 0.1) is 13.2 Å². The van der Waals surface area contributed by atoms with Crippen LogP contribution in [0.2, 0.25) is 0 Å². The van der Waals surface area contributed by atoms with Gasteiger partial charge >= 0.3 is 5.69 Å². The van der Waals surface area contributed by atoms with E-state index in [0.717, 1.165) is 63.7 Å². The molecule has 0 saturated carbocycles. The van der Waals surface area contributed by atoms with Crippen molar-refractivity contribution in [1.29, 1.82) is 0 Å². The molecule has 2 aliphatic heterocycles. The minimum atomic E-state index is -0.399. The first-order chi connectivity index (χ1) is 16.7. The van der Waals surface area contributed by atoms with Crippen LogP contribution in [0.25, 0.3) is 22.6 Å². The van der Waals surface area contributed by atoms with Crippen LogP contribution in [0.3, 0.4) is 0 Å². The van der Waals surface area contributed by atoms with Crippen LogP contribution in [-0.2, 0) is 17.8 Å². The fourth-order valence-electron chi connectivity index (χ4n) is 5.08. The zero-order chi connectivity index (χ0) is 23.5. The first-order valence-electron chi connectivity index (χ1n) is 12.5. The lowest BCUT2D eigenvalue weighted by atomic mass is 10.1. The molecule has 0 spiro atoms. The Balaban J connectivity index is 0.00000180. The predicted octanol–water partition coefficient (Wildman–Crippen LogP) is 3.13. The SMILES string of the molecule is CCCn1c(=O)[nH]c(=O)c2c1nc(-c1ccc(N3CCCCC3)cc1)n2CCN1CCOCC1.Cl.Cl. The van der Waals surface area contributed by atoms with Crippen molar-refractivity contribution in [3.05, 3.63) is 45.1 Å². The second-order valence-electron chi connectivity index (χ2n) is 9.22. The number of fused-ring (bicyclic) bond motifs is 1. The number of aromatic amines is 1. The maximum absolute atomic E-state index is 13.0. The third-order valence-corrected chi connectivity index (χ3v) is 6.92. The Labute approximate surface area is 223 Å². The predicted molar refractivity (Wildman–Crippen MR) is 148 cm³/mol. The van der Waals surface area contributed by atoms with Gasteiger partial charge < -0.3 is 14.2 Å². The van der Waals surface area contributed by atoms with Crippen LogP contribution in [0.4, 0.5) is 5.69 Å². The second-order valence-corrected chi connectivity index (χ2v) is 9.22. The third-order valence-electron chi connectivity index (χ3n) is 6.92. The van der Waals surface area contributed by atoms with Crippen LogP contribution in [-0.4, -0.2) is 69.9 Å². The standard InChI is InChI=1S/C25H34N6O3.2ClH/c1-2-10-31-23-21(24(32)27-25(31)33)30(14-13-28-15-17-34-18-16-28)22(26-23)19-6-8-20(9-7-19)29-11-4-3-5-12-29;;/h6-9H,2-5,10-18H2,1H3,(H,27,32,33);2*1H. The average molecular weight is 540 g/mol. The molecule has 5 rings (SSSR count). The highest BCUT2D eigenvalue weighted by molar-refractivity contribution is 5.85. The lowest BCUT2D eigenvalue weighted by Crippen LogP contribution is -2.38. The van der Waals surface area contributed by atoms with Gasteiger partial charge in [0, 0.05) is 57.1 Å². The van der Waals surface area contributed by atoms with Gasteiger partial charge in [0.2, 0.25) is 0 Å². The maximum Gasteiger partial charge on any atom is 0.330 e. The molecule has 1 N–H and O–H groups in total. The van der Waals surface area contributed by atoms with E-state index in [1.807, 2.05) is 11.5 Å². The number of anilines is 1. The number of nitrogens with zero attached hydrogens (tertiary/aromatic N) is 5. The van der Waals surface area contributed by atoms with E-state index < -0.39 is 5.69 Å². The first-order valence-corrected chi connectivity index (χ1v) is 12.5. The smallest absolute Gasteiger partial charge is 0.330 e. The molecule has 0 aliphatic carbocycles. The van der Waals surface area contributed by atoms with Gasteiger partial charge in [0.1, 0.15) is 5.82 Å².